The Labute approximate surface area is 138 Å². The van der Waals surface area contributed by atoms with Gasteiger partial charge < -0.3 is 14.6 Å². The third-order valence-corrected chi connectivity index (χ3v) is 4.79. The van der Waals surface area contributed by atoms with E-state index in [0.29, 0.717) is 24.1 Å². The van der Waals surface area contributed by atoms with Gasteiger partial charge in [-0.1, -0.05) is 13.8 Å². The average Bonchev–Trinajstić information content (AvgIpc) is 3.05. The molecule has 6 nitrogen and oxygen atoms in total. The molecule has 0 aromatic carbocycles. The molecule has 1 N–H and O–H groups in total. The first-order chi connectivity index (χ1) is 11.1. The van der Waals surface area contributed by atoms with E-state index in [1.807, 2.05) is 4.90 Å². The zero-order valence-electron chi connectivity index (χ0n) is 14.3. The molecule has 6 heteroatoms. The second-order valence-electron chi connectivity index (χ2n) is 7.22. The Morgan fingerprint density at radius 3 is 2.83 bits per heavy atom. The van der Waals surface area contributed by atoms with Gasteiger partial charge >= 0.3 is 0 Å². The van der Waals surface area contributed by atoms with E-state index in [9.17, 15) is 4.79 Å². The first kappa shape index (κ1) is 16.4. The van der Waals surface area contributed by atoms with Crippen molar-refractivity contribution in [2.24, 2.45) is 5.92 Å². The Kier molecular flexibility index (Phi) is 5.30. The number of hydrogen-bond acceptors (Lipinski definition) is 5. The van der Waals surface area contributed by atoms with Gasteiger partial charge in [0.05, 0.1) is 0 Å². The Hall–Kier alpha value is -1.43. The van der Waals surface area contributed by atoms with Crippen molar-refractivity contribution in [1.29, 1.82) is 0 Å². The summed E-state index contributed by atoms with van der Waals surface area (Å²) in [5.74, 6) is 2.25. The monoisotopic (exact) mass is 320 g/mol. The molecule has 0 bridgehead atoms. The van der Waals surface area contributed by atoms with Crippen LogP contribution < -0.4 is 5.32 Å². The summed E-state index contributed by atoms with van der Waals surface area (Å²) in [6.45, 7) is 6.94. The van der Waals surface area contributed by atoms with Crippen LogP contribution in [0.1, 0.15) is 76.1 Å². The van der Waals surface area contributed by atoms with E-state index < -0.39 is 0 Å². The van der Waals surface area contributed by atoms with Gasteiger partial charge in [-0.05, 0) is 44.6 Å². The summed E-state index contributed by atoms with van der Waals surface area (Å²) >= 11 is 0. The molecule has 1 amide bonds. The third-order valence-electron chi connectivity index (χ3n) is 4.79. The second-order valence-corrected chi connectivity index (χ2v) is 7.22. The van der Waals surface area contributed by atoms with Crippen LogP contribution in [-0.2, 0) is 4.79 Å². The van der Waals surface area contributed by atoms with Gasteiger partial charge in [0.15, 0.2) is 0 Å². The Bertz CT molecular complexity index is 522. The van der Waals surface area contributed by atoms with Gasteiger partial charge in [0.2, 0.25) is 17.7 Å². The van der Waals surface area contributed by atoms with Crippen molar-refractivity contribution in [2.75, 3.05) is 19.6 Å². The summed E-state index contributed by atoms with van der Waals surface area (Å²) in [6, 6.07) is -0.0344. The molecule has 1 aromatic rings. The number of carbonyl (C=O) groups excluding carboxylic acids is 1. The van der Waals surface area contributed by atoms with Crippen molar-refractivity contribution in [2.45, 2.75) is 64.3 Å². The molecule has 3 heterocycles. The lowest BCUT2D eigenvalue weighted by atomic mass is 9.99. The van der Waals surface area contributed by atoms with Crippen molar-refractivity contribution >= 4 is 5.91 Å². The van der Waals surface area contributed by atoms with Crippen molar-refractivity contribution in [3.63, 3.8) is 0 Å². The number of likely N-dealkylation sites (tertiary alicyclic amines) is 1. The summed E-state index contributed by atoms with van der Waals surface area (Å²) < 4.78 is 5.99. The predicted molar refractivity (Wildman–Crippen MR) is 86.9 cm³/mol. The highest BCUT2D eigenvalue weighted by atomic mass is 16.4. The minimum absolute atomic E-state index is 0.0344. The third kappa shape index (κ3) is 3.91. The topological polar surface area (TPSA) is 71.3 Å². The summed E-state index contributed by atoms with van der Waals surface area (Å²) in [5.41, 5.74) is 0. The molecule has 3 rings (SSSR count). The van der Waals surface area contributed by atoms with Crippen LogP contribution in [0, 0.1) is 5.92 Å². The van der Waals surface area contributed by atoms with Gasteiger partial charge in [-0.2, -0.15) is 0 Å². The van der Waals surface area contributed by atoms with E-state index in [1.54, 1.807) is 0 Å². The fourth-order valence-electron chi connectivity index (χ4n) is 3.56. The highest BCUT2D eigenvalue weighted by molar-refractivity contribution is 5.76. The summed E-state index contributed by atoms with van der Waals surface area (Å²) in [7, 11) is 0. The molecule has 128 valence electrons. The van der Waals surface area contributed by atoms with Gasteiger partial charge in [-0.15, -0.1) is 10.2 Å². The molecule has 2 saturated heterocycles. The van der Waals surface area contributed by atoms with E-state index in [-0.39, 0.29) is 11.9 Å². The van der Waals surface area contributed by atoms with Crippen molar-refractivity contribution in [3.05, 3.63) is 11.8 Å². The first-order valence-corrected chi connectivity index (χ1v) is 8.98. The van der Waals surface area contributed by atoms with Crippen LogP contribution >= 0.6 is 0 Å². The Balaban J connectivity index is 1.72. The van der Waals surface area contributed by atoms with Crippen molar-refractivity contribution < 1.29 is 9.21 Å². The molecule has 2 fully saturated rings. The number of nitrogens with zero attached hydrogens (tertiary/aromatic N) is 3. The maximum Gasteiger partial charge on any atom is 0.238 e. The van der Waals surface area contributed by atoms with Crippen LogP contribution in [0.15, 0.2) is 4.42 Å². The van der Waals surface area contributed by atoms with Gasteiger partial charge in [0.25, 0.3) is 0 Å². The number of rotatable bonds is 4. The molecule has 0 spiro atoms. The van der Waals surface area contributed by atoms with Crippen LogP contribution in [0.3, 0.4) is 0 Å². The summed E-state index contributed by atoms with van der Waals surface area (Å²) in [5, 5.41) is 11.9. The largest absolute Gasteiger partial charge is 0.423 e. The predicted octanol–water partition coefficient (Wildman–Crippen LogP) is 2.64. The molecule has 0 radical (unpaired) electrons. The fourth-order valence-corrected chi connectivity index (χ4v) is 3.56. The molecule has 0 unspecified atom stereocenters. The SMILES string of the molecule is CC(C)CC(=O)N1CCCC[C@H]1c1nnc([C@H]2CCCNC2)o1. The van der Waals surface area contributed by atoms with E-state index >= 15 is 0 Å². The van der Waals surface area contributed by atoms with Gasteiger partial charge in [-0.25, -0.2) is 0 Å². The fraction of sp³-hybridized carbons (Fsp3) is 0.824. The van der Waals surface area contributed by atoms with Crippen LogP contribution in [-0.4, -0.2) is 40.6 Å². The lowest BCUT2D eigenvalue weighted by Gasteiger charge is -2.34. The molecule has 2 atom stereocenters. The number of amides is 1. The van der Waals surface area contributed by atoms with Crippen molar-refractivity contribution in [1.82, 2.24) is 20.4 Å². The first-order valence-electron chi connectivity index (χ1n) is 8.98. The maximum absolute atomic E-state index is 12.5. The second kappa shape index (κ2) is 7.43. The minimum Gasteiger partial charge on any atom is -0.423 e. The molecule has 23 heavy (non-hydrogen) atoms. The molecular weight excluding hydrogens is 292 g/mol. The number of carbonyl (C=O) groups is 1. The molecule has 0 aliphatic carbocycles. The lowest BCUT2D eigenvalue weighted by Crippen LogP contribution is -2.39. The van der Waals surface area contributed by atoms with Gasteiger partial charge in [0.1, 0.15) is 6.04 Å². The number of piperidine rings is 2. The van der Waals surface area contributed by atoms with Crippen molar-refractivity contribution in [3.8, 4) is 0 Å². The number of hydrogen-bond donors (Lipinski definition) is 1. The Morgan fingerprint density at radius 2 is 2.09 bits per heavy atom. The maximum atomic E-state index is 12.5. The molecular formula is C17H28N4O2. The smallest absolute Gasteiger partial charge is 0.238 e. The molecule has 2 aliphatic rings. The Morgan fingerprint density at radius 1 is 1.26 bits per heavy atom. The zero-order valence-corrected chi connectivity index (χ0v) is 14.3. The van der Waals surface area contributed by atoms with Crippen LogP contribution in [0.25, 0.3) is 0 Å². The average molecular weight is 320 g/mol. The molecule has 2 aliphatic heterocycles. The van der Waals surface area contributed by atoms with Crippen LogP contribution in [0.4, 0.5) is 0 Å². The summed E-state index contributed by atoms with van der Waals surface area (Å²) in [4.78, 5) is 14.5. The zero-order chi connectivity index (χ0) is 16.2. The van der Waals surface area contributed by atoms with Gasteiger partial charge in [-0.3, -0.25) is 4.79 Å². The van der Waals surface area contributed by atoms with E-state index in [0.717, 1.165) is 57.6 Å². The van der Waals surface area contributed by atoms with Gasteiger partial charge in [0, 0.05) is 25.4 Å². The molecule has 0 saturated carbocycles. The highest BCUT2D eigenvalue weighted by Crippen LogP contribution is 2.32. The minimum atomic E-state index is -0.0344. The highest BCUT2D eigenvalue weighted by Gasteiger charge is 2.33. The quantitative estimate of drug-likeness (QED) is 0.923. The molecule has 1 aromatic heterocycles. The van der Waals surface area contributed by atoms with E-state index in [4.69, 9.17) is 4.42 Å². The summed E-state index contributed by atoms with van der Waals surface area (Å²) in [6.07, 6.45) is 5.92. The lowest BCUT2D eigenvalue weighted by molar-refractivity contribution is -0.136. The number of aromatic nitrogens is 2. The number of nitrogens with one attached hydrogen (secondary N) is 1. The standard InChI is InChI=1S/C17H28N4O2/c1-12(2)10-15(22)21-9-4-3-7-14(21)17-20-19-16(23-17)13-6-5-8-18-11-13/h12-14,18H,3-11H2,1-2H3/t13-,14-/m0/s1. The van der Waals surface area contributed by atoms with Crippen LogP contribution in [0.5, 0.6) is 0 Å². The van der Waals surface area contributed by atoms with E-state index in [1.165, 1.54) is 0 Å². The van der Waals surface area contributed by atoms with Crippen LogP contribution in [0.2, 0.25) is 0 Å². The normalized spacial score (nSPS) is 25.8. The van der Waals surface area contributed by atoms with E-state index in [2.05, 4.69) is 29.4 Å².